The molecule has 0 aliphatic heterocycles. The number of hydrazone groups is 1. The summed E-state index contributed by atoms with van der Waals surface area (Å²) in [6, 6.07) is 20.3. The molecule has 0 atom stereocenters. The van der Waals surface area contributed by atoms with Crippen molar-refractivity contribution in [2.45, 2.75) is 19.7 Å². The molecule has 0 spiro atoms. The molecule has 144 valence electrons. The van der Waals surface area contributed by atoms with Crippen LogP contribution in [-0.2, 0) is 12.8 Å². The Kier molecular flexibility index (Phi) is 5.99. The summed E-state index contributed by atoms with van der Waals surface area (Å²) in [7, 11) is 0. The predicted octanol–water partition coefficient (Wildman–Crippen LogP) is 6.04. The highest BCUT2D eigenvalue weighted by Crippen LogP contribution is 2.30. The molecule has 3 aromatic rings. The van der Waals surface area contributed by atoms with Crippen LogP contribution in [0.2, 0.25) is 0 Å². The van der Waals surface area contributed by atoms with Gasteiger partial charge in [0.2, 0.25) is 0 Å². The molecule has 3 nitrogen and oxygen atoms in total. The molecule has 0 aliphatic rings. The Hall–Kier alpha value is -3.28. The first-order valence-electron chi connectivity index (χ1n) is 8.65. The van der Waals surface area contributed by atoms with Gasteiger partial charge in [-0.05, 0) is 48.4 Å². The number of anilines is 1. The van der Waals surface area contributed by atoms with Crippen LogP contribution in [0.5, 0.6) is 5.75 Å². The number of halogens is 3. The van der Waals surface area contributed by atoms with Crippen LogP contribution in [0.4, 0.5) is 18.9 Å². The lowest BCUT2D eigenvalue weighted by Crippen LogP contribution is -2.05. The molecule has 0 heterocycles. The van der Waals surface area contributed by atoms with Gasteiger partial charge in [0, 0.05) is 0 Å². The average Bonchev–Trinajstić information content (AvgIpc) is 2.68. The fourth-order valence-electron chi connectivity index (χ4n) is 2.48. The Labute approximate surface area is 161 Å². The van der Waals surface area contributed by atoms with Crippen LogP contribution in [-0.4, -0.2) is 6.21 Å². The van der Waals surface area contributed by atoms with Crippen molar-refractivity contribution in [2.75, 3.05) is 5.43 Å². The summed E-state index contributed by atoms with van der Waals surface area (Å²) in [5, 5.41) is 4.01. The fraction of sp³-hybridized carbons (Fsp3) is 0.136. The Balaban J connectivity index is 1.60. The maximum absolute atomic E-state index is 12.7. The van der Waals surface area contributed by atoms with E-state index in [0.717, 1.165) is 23.3 Å². The van der Waals surface area contributed by atoms with Gasteiger partial charge < -0.3 is 4.74 Å². The van der Waals surface area contributed by atoms with Gasteiger partial charge in [0.25, 0.3) is 0 Å². The summed E-state index contributed by atoms with van der Waals surface area (Å²) >= 11 is 0. The lowest BCUT2D eigenvalue weighted by atomic mass is 10.2. The monoisotopic (exact) mass is 384 g/mol. The second kappa shape index (κ2) is 8.61. The van der Waals surface area contributed by atoms with Crippen LogP contribution in [0, 0.1) is 6.92 Å². The first-order valence-corrected chi connectivity index (χ1v) is 8.65. The van der Waals surface area contributed by atoms with Crippen molar-refractivity contribution in [1.82, 2.24) is 0 Å². The first kappa shape index (κ1) is 19.5. The molecular formula is C22H19F3N2O. The van der Waals surface area contributed by atoms with E-state index < -0.39 is 11.7 Å². The molecule has 0 radical (unpaired) electrons. The molecule has 1 N–H and O–H groups in total. The SMILES string of the molecule is Cc1ccc(COc2cccc(C=NNc3cccc(C(F)(F)F)c3)c2)cc1. The van der Waals surface area contributed by atoms with Gasteiger partial charge >= 0.3 is 6.18 Å². The number of ether oxygens (including phenoxy) is 1. The molecular weight excluding hydrogens is 365 g/mol. The summed E-state index contributed by atoms with van der Waals surface area (Å²) in [5.41, 5.74) is 5.18. The smallest absolute Gasteiger partial charge is 0.416 e. The third kappa shape index (κ3) is 5.61. The molecule has 0 aromatic heterocycles. The van der Waals surface area contributed by atoms with Crippen LogP contribution in [0.1, 0.15) is 22.3 Å². The molecule has 0 amide bonds. The summed E-state index contributed by atoms with van der Waals surface area (Å²) in [6.07, 6.45) is -2.86. The Morgan fingerprint density at radius 3 is 2.46 bits per heavy atom. The Bertz CT molecular complexity index is 950. The highest BCUT2D eigenvalue weighted by molar-refractivity contribution is 5.80. The van der Waals surface area contributed by atoms with Crippen molar-refractivity contribution < 1.29 is 17.9 Å². The van der Waals surface area contributed by atoms with Crippen LogP contribution in [0.25, 0.3) is 0 Å². The van der Waals surface area contributed by atoms with Crippen molar-refractivity contribution >= 4 is 11.9 Å². The molecule has 0 fully saturated rings. The van der Waals surface area contributed by atoms with E-state index in [1.165, 1.54) is 23.9 Å². The lowest BCUT2D eigenvalue weighted by molar-refractivity contribution is -0.137. The molecule has 6 heteroatoms. The largest absolute Gasteiger partial charge is 0.489 e. The van der Waals surface area contributed by atoms with Gasteiger partial charge in [0.05, 0.1) is 17.5 Å². The summed E-state index contributed by atoms with van der Waals surface area (Å²) in [6.45, 7) is 2.48. The highest BCUT2D eigenvalue weighted by atomic mass is 19.4. The van der Waals surface area contributed by atoms with Gasteiger partial charge in [-0.25, -0.2) is 0 Å². The van der Waals surface area contributed by atoms with Gasteiger partial charge in [-0.3, -0.25) is 5.43 Å². The van der Waals surface area contributed by atoms with E-state index in [-0.39, 0.29) is 5.69 Å². The van der Waals surface area contributed by atoms with Crippen molar-refractivity contribution in [1.29, 1.82) is 0 Å². The van der Waals surface area contributed by atoms with Crippen molar-refractivity contribution in [3.05, 3.63) is 95.1 Å². The fourth-order valence-corrected chi connectivity index (χ4v) is 2.48. The molecule has 0 saturated carbocycles. The number of nitrogens with one attached hydrogen (secondary N) is 1. The Morgan fingerprint density at radius 1 is 0.964 bits per heavy atom. The van der Waals surface area contributed by atoms with E-state index in [0.29, 0.717) is 12.4 Å². The third-order valence-electron chi connectivity index (χ3n) is 3.98. The average molecular weight is 384 g/mol. The number of nitrogens with zero attached hydrogens (tertiary/aromatic N) is 1. The Morgan fingerprint density at radius 2 is 1.71 bits per heavy atom. The number of rotatable bonds is 6. The summed E-state index contributed by atoms with van der Waals surface area (Å²) in [4.78, 5) is 0. The topological polar surface area (TPSA) is 33.6 Å². The second-order valence-corrected chi connectivity index (χ2v) is 6.30. The van der Waals surface area contributed by atoms with E-state index in [4.69, 9.17) is 4.74 Å². The zero-order chi connectivity index (χ0) is 20.0. The maximum atomic E-state index is 12.7. The number of hydrogen-bond donors (Lipinski definition) is 1. The number of benzene rings is 3. The second-order valence-electron chi connectivity index (χ2n) is 6.30. The lowest BCUT2D eigenvalue weighted by Gasteiger charge is -2.08. The molecule has 0 aliphatic carbocycles. The normalized spacial score (nSPS) is 11.6. The van der Waals surface area contributed by atoms with E-state index >= 15 is 0 Å². The molecule has 3 rings (SSSR count). The maximum Gasteiger partial charge on any atom is 0.416 e. The van der Waals surface area contributed by atoms with Gasteiger partial charge in [-0.1, -0.05) is 48.0 Å². The number of alkyl halides is 3. The van der Waals surface area contributed by atoms with Crippen LogP contribution >= 0.6 is 0 Å². The van der Waals surface area contributed by atoms with E-state index in [2.05, 4.69) is 10.5 Å². The van der Waals surface area contributed by atoms with Gasteiger partial charge in [0.15, 0.2) is 0 Å². The molecule has 0 unspecified atom stereocenters. The molecule has 0 saturated heterocycles. The first-order chi connectivity index (χ1) is 13.4. The van der Waals surface area contributed by atoms with Crippen LogP contribution in [0.15, 0.2) is 77.9 Å². The summed E-state index contributed by atoms with van der Waals surface area (Å²) in [5.74, 6) is 0.684. The number of hydrogen-bond acceptors (Lipinski definition) is 3. The third-order valence-corrected chi connectivity index (χ3v) is 3.98. The minimum absolute atomic E-state index is 0.262. The predicted molar refractivity (Wildman–Crippen MR) is 105 cm³/mol. The van der Waals surface area contributed by atoms with E-state index in [1.807, 2.05) is 55.5 Å². The summed E-state index contributed by atoms with van der Waals surface area (Å²) < 4.78 is 44.0. The van der Waals surface area contributed by atoms with Gasteiger partial charge in [-0.15, -0.1) is 0 Å². The van der Waals surface area contributed by atoms with Gasteiger partial charge in [-0.2, -0.15) is 18.3 Å². The van der Waals surface area contributed by atoms with Crippen molar-refractivity contribution in [3.8, 4) is 5.75 Å². The molecule has 3 aromatic carbocycles. The zero-order valence-corrected chi connectivity index (χ0v) is 15.2. The van der Waals surface area contributed by atoms with Crippen LogP contribution in [0.3, 0.4) is 0 Å². The van der Waals surface area contributed by atoms with Crippen molar-refractivity contribution in [2.24, 2.45) is 5.10 Å². The van der Waals surface area contributed by atoms with E-state index in [1.54, 1.807) is 0 Å². The van der Waals surface area contributed by atoms with E-state index in [9.17, 15) is 13.2 Å². The zero-order valence-electron chi connectivity index (χ0n) is 15.2. The quantitative estimate of drug-likeness (QED) is 0.415. The minimum Gasteiger partial charge on any atom is -0.489 e. The minimum atomic E-state index is -4.38. The van der Waals surface area contributed by atoms with Gasteiger partial charge in [0.1, 0.15) is 12.4 Å². The molecule has 0 bridgehead atoms. The standard InChI is InChI=1S/C22H19F3N2O/c1-16-8-10-17(11-9-16)15-28-21-7-2-4-18(12-21)14-26-27-20-6-3-5-19(13-20)22(23,24)25/h2-14,27H,15H2,1H3. The van der Waals surface area contributed by atoms with Crippen molar-refractivity contribution in [3.63, 3.8) is 0 Å². The van der Waals surface area contributed by atoms with Crippen LogP contribution < -0.4 is 10.2 Å². The number of aryl methyl sites for hydroxylation is 1. The molecule has 28 heavy (non-hydrogen) atoms. The highest BCUT2D eigenvalue weighted by Gasteiger charge is 2.30.